The molecule has 2 atom stereocenters. The van der Waals surface area contributed by atoms with Gasteiger partial charge in [-0.25, -0.2) is 0 Å². The van der Waals surface area contributed by atoms with Crippen molar-refractivity contribution in [3.05, 3.63) is 22.3 Å². The van der Waals surface area contributed by atoms with Crippen LogP contribution in [0.15, 0.2) is 6.07 Å². The third kappa shape index (κ3) is 11.9. The van der Waals surface area contributed by atoms with Gasteiger partial charge in [0.15, 0.2) is 12.2 Å². The highest BCUT2D eigenvalue weighted by molar-refractivity contribution is 14.1. The predicted octanol–water partition coefficient (Wildman–Crippen LogP) is 2.63. The van der Waals surface area contributed by atoms with E-state index in [1.807, 2.05) is 45.2 Å². The van der Waals surface area contributed by atoms with E-state index in [2.05, 4.69) is 33.2 Å². The molecule has 0 aliphatic rings. The molecule has 1 aromatic carbocycles. The lowest BCUT2D eigenvalue weighted by Crippen LogP contribution is -2.38. The van der Waals surface area contributed by atoms with Gasteiger partial charge >= 0.3 is 23.9 Å². The fourth-order valence-corrected chi connectivity index (χ4v) is 6.87. The molecule has 14 heteroatoms. The van der Waals surface area contributed by atoms with Gasteiger partial charge in [0.2, 0.25) is 0 Å². The van der Waals surface area contributed by atoms with Gasteiger partial charge in [-0.1, -0.05) is 0 Å². The molecular weight excluding hydrogens is 805 g/mol. The second kappa shape index (κ2) is 15.6. The van der Waals surface area contributed by atoms with Crippen molar-refractivity contribution in [1.29, 1.82) is 0 Å². The number of hydrogen-bond donors (Lipinski definition) is 2. The molecule has 0 radical (unpaired) electrons. The Morgan fingerprint density at radius 3 is 1.71 bits per heavy atom. The van der Waals surface area contributed by atoms with Gasteiger partial charge in [-0.05, 0) is 73.8 Å². The molecule has 0 fully saturated rings. The Morgan fingerprint density at radius 2 is 1.26 bits per heavy atom. The van der Waals surface area contributed by atoms with Crippen LogP contribution in [0.4, 0.5) is 5.69 Å². The van der Waals surface area contributed by atoms with E-state index in [1.54, 1.807) is 6.07 Å². The monoisotopic (exact) mass is 830 g/mol. The van der Waals surface area contributed by atoms with Gasteiger partial charge in [-0.15, -0.1) is 0 Å². The van der Waals surface area contributed by atoms with E-state index in [0.29, 0.717) is 18.4 Å². The number of carbonyl (C=O) groups excluding carboxylic acids is 5. The van der Waals surface area contributed by atoms with Crippen LogP contribution in [0, 0.1) is 10.7 Å². The molecule has 0 spiro atoms. The number of benzene rings is 1. The summed E-state index contributed by atoms with van der Waals surface area (Å²) in [4.78, 5) is 58.0. The van der Waals surface area contributed by atoms with Gasteiger partial charge in [0.25, 0.3) is 5.91 Å². The number of halogens is 3. The predicted molar refractivity (Wildman–Crippen MR) is 150 cm³/mol. The van der Waals surface area contributed by atoms with E-state index in [4.69, 9.17) is 18.9 Å². The molecule has 35 heavy (non-hydrogen) atoms. The minimum Gasteiger partial charge on any atom is -0.462 e. The Kier molecular flexibility index (Phi) is 14.1. The van der Waals surface area contributed by atoms with Crippen molar-refractivity contribution < 1.29 is 42.9 Å². The highest BCUT2D eigenvalue weighted by Gasteiger charge is 2.23. The summed E-state index contributed by atoms with van der Waals surface area (Å²) in [6.45, 7) is 4.72. The molecule has 1 amide bonds. The van der Waals surface area contributed by atoms with E-state index in [0.717, 1.165) is 3.57 Å². The number of esters is 4. The summed E-state index contributed by atoms with van der Waals surface area (Å²) in [7, 11) is 0. The zero-order chi connectivity index (χ0) is 26.7. The van der Waals surface area contributed by atoms with Crippen molar-refractivity contribution in [2.75, 3.05) is 31.6 Å². The molecule has 0 aromatic heterocycles. The third-order valence-electron chi connectivity index (χ3n) is 4.00. The molecule has 1 rings (SSSR count). The molecule has 1 aromatic rings. The normalized spacial score (nSPS) is 12.1. The van der Waals surface area contributed by atoms with Gasteiger partial charge in [0, 0.05) is 34.8 Å². The van der Waals surface area contributed by atoms with E-state index in [1.165, 1.54) is 27.7 Å². The highest BCUT2D eigenvalue weighted by Crippen LogP contribution is 2.32. The Hall–Kier alpha value is -1.44. The Morgan fingerprint density at radius 1 is 0.771 bits per heavy atom. The van der Waals surface area contributed by atoms with Crippen LogP contribution in [-0.4, -0.2) is 68.3 Å². The molecule has 194 valence electrons. The molecule has 2 unspecified atom stereocenters. The molecule has 0 aliphatic carbocycles. The van der Waals surface area contributed by atoms with Crippen molar-refractivity contribution in [3.63, 3.8) is 0 Å². The van der Waals surface area contributed by atoms with E-state index in [9.17, 15) is 24.0 Å². The lowest BCUT2D eigenvalue weighted by molar-refractivity contribution is -0.155. The smallest absolute Gasteiger partial charge is 0.303 e. The number of hydrogen-bond acceptors (Lipinski definition) is 10. The first-order valence-corrected chi connectivity index (χ1v) is 13.4. The van der Waals surface area contributed by atoms with Crippen LogP contribution >= 0.6 is 67.8 Å². The van der Waals surface area contributed by atoms with Crippen LogP contribution in [0.2, 0.25) is 0 Å². The maximum absolute atomic E-state index is 13.0. The maximum atomic E-state index is 13.0. The summed E-state index contributed by atoms with van der Waals surface area (Å²) in [5.41, 5.74) is 1.01. The minimum atomic E-state index is -0.845. The van der Waals surface area contributed by atoms with Crippen molar-refractivity contribution in [1.82, 2.24) is 5.32 Å². The van der Waals surface area contributed by atoms with Crippen LogP contribution in [0.1, 0.15) is 38.1 Å². The molecule has 0 bridgehead atoms. The molecule has 0 aliphatic heterocycles. The quantitative estimate of drug-likeness (QED) is 0.183. The van der Waals surface area contributed by atoms with E-state index in [-0.39, 0.29) is 26.3 Å². The number of ether oxygens (including phenoxy) is 4. The fraction of sp³-hybridized carbons (Fsp3) is 0.476. The van der Waals surface area contributed by atoms with Gasteiger partial charge in [-0.2, -0.15) is 0 Å². The first kappa shape index (κ1) is 31.6. The number of amides is 1. The van der Waals surface area contributed by atoms with Crippen LogP contribution in [0.5, 0.6) is 0 Å². The summed E-state index contributed by atoms with van der Waals surface area (Å²) in [5.74, 6) is -2.55. The molecular formula is C21H25I3N2O9. The van der Waals surface area contributed by atoms with Crippen molar-refractivity contribution in [2.24, 2.45) is 0 Å². The number of anilines is 1. The van der Waals surface area contributed by atoms with Crippen molar-refractivity contribution >= 4 is 103 Å². The molecule has 11 nitrogen and oxygen atoms in total. The Balaban J connectivity index is 3.02. The van der Waals surface area contributed by atoms with Crippen LogP contribution in [0.25, 0.3) is 0 Å². The average Bonchev–Trinajstić information content (AvgIpc) is 2.72. The first-order valence-electron chi connectivity index (χ1n) is 10.1. The van der Waals surface area contributed by atoms with Crippen molar-refractivity contribution in [3.8, 4) is 0 Å². The van der Waals surface area contributed by atoms with Crippen LogP contribution < -0.4 is 10.6 Å². The van der Waals surface area contributed by atoms with E-state index >= 15 is 0 Å². The molecule has 0 saturated heterocycles. The zero-order valence-electron chi connectivity index (χ0n) is 19.4. The van der Waals surface area contributed by atoms with Gasteiger partial charge in [0.1, 0.15) is 13.2 Å². The Bertz CT molecular complexity index is 972. The maximum Gasteiger partial charge on any atom is 0.303 e. The largest absolute Gasteiger partial charge is 0.462 e. The number of rotatable bonds is 12. The summed E-state index contributed by atoms with van der Waals surface area (Å²) in [6.07, 6.45) is -1.58. The van der Waals surface area contributed by atoms with Gasteiger partial charge < -0.3 is 29.6 Å². The van der Waals surface area contributed by atoms with Crippen LogP contribution in [0.3, 0.4) is 0 Å². The van der Waals surface area contributed by atoms with Crippen molar-refractivity contribution in [2.45, 2.75) is 39.9 Å². The molecule has 2 N–H and O–H groups in total. The summed E-state index contributed by atoms with van der Waals surface area (Å²) < 4.78 is 22.3. The van der Waals surface area contributed by atoms with Crippen LogP contribution in [-0.2, 0) is 38.1 Å². The number of carbonyl (C=O) groups is 5. The lowest BCUT2D eigenvalue weighted by atomic mass is 10.1. The van der Waals surface area contributed by atoms with E-state index < -0.39 is 42.0 Å². The lowest BCUT2D eigenvalue weighted by Gasteiger charge is -2.21. The molecule has 0 heterocycles. The SMILES string of the molecule is CC(=O)OCC(CNC(=O)c1c(I)cc(I)c(NCC(COC(C)=O)OC(C)=O)c1I)OC(C)=O. The van der Waals surface area contributed by atoms with Gasteiger partial charge in [0.05, 0.1) is 27.9 Å². The molecule has 0 saturated carbocycles. The summed E-state index contributed by atoms with van der Waals surface area (Å²) in [5, 5.41) is 5.87. The summed E-state index contributed by atoms with van der Waals surface area (Å²) >= 11 is 6.19. The zero-order valence-corrected chi connectivity index (χ0v) is 25.8. The number of nitrogens with one attached hydrogen (secondary N) is 2. The first-order chi connectivity index (χ1) is 16.3. The average molecular weight is 830 g/mol. The minimum absolute atomic E-state index is 0.0660. The topological polar surface area (TPSA) is 146 Å². The van der Waals surface area contributed by atoms with Gasteiger partial charge in [-0.3, -0.25) is 24.0 Å². The second-order valence-electron chi connectivity index (χ2n) is 7.06. The fourth-order valence-electron chi connectivity index (χ4n) is 2.63. The Labute approximate surface area is 243 Å². The third-order valence-corrected chi connectivity index (χ3v) is 6.78. The summed E-state index contributed by atoms with van der Waals surface area (Å²) in [6, 6.07) is 1.80. The standard InChI is InChI=1S/C21H25I3N2O9/c1-10(27)32-8-14(34-12(3)29)6-25-20-17(23)5-16(22)18(19(20)24)21(31)26-7-15(35-13(4)30)9-33-11(2)28/h5,14-15,25H,6-9H2,1-4H3,(H,26,31). The highest BCUT2D eigenvalue weighted by atomic mass is 127. The second-order valence-corrected chi connectivity index (χ2v) is 10.5.